The van der Waals surface area contributed by atoms with E-state index in [9.17, 15) is 9.50 Å². The van der Waals surface area contributed by atoms with E-state index in [0.717, 1.165) is 12.8 Å². The third kappa shape index (κ3) is 1.57. The molecule has 0 unspecified atom stereocenters. The zero-order valence-corrected chi connectivity index (χ0v) is 8.26. The highest BCUT2D eigenvalue weighted by Gasteiger charge is 2.31. The van der Waals surface area contributed by atoms with Gasteiger partial charge in [-0.3, -0.25) is 0 Å². The molecular formula is C10H11ClFNO. The Morgan fingerprint density at radius 1 is 1.50 bits per heavy atom. The second-order valence-corrected chi connectivity index (χ2v) is 4.04. The van der Waals surface area contributed by atoms with Gasteiger partial charge in [-0.05, 0) is 24.8 Å². The number of halogens is 2. The first-order valence-electron chi connectivity index (χ1n) is 4.53. The molecule has 0 spiro atoms. The van der Waals surface area contributed by atoms with Crippen molar-refractivity contribution in [2.75, 3.05) is 0 Å². The largest absolute Gasteiger partial charge is 0.506 e. The molecule has 1 atom stereocenters. The Morgan fingerprint density at radius 2 is 2.14 bits per heavy atom. The van der Waals surface area contributed by atoms with Crippen LogP contribution in [-0.4, -0.2) is 5.11 Å². The molecule has 2 rings (SSSR count). The van der Waals surface area contributed by atoms with Crippen LogP contribution in [0.4, 0.5) is 4.39 Å². The summed E-state index contributed by atoms with van der Waals surface area (Å²) in [5.74, 6) is -0.426. The normalized spacial score (nSPS) is 18.2. The van der Waals surface area contributed by atoms with Gasteiger partial charge in [0.1, 0.15) is 16.6 Å². The molecular weight excluding hydrogens is 205 g/mol. The summed E-state index contributed by atoms with van der Waals surface area (Å²) < 4.78 is 12.9. The minimum Gasteiger partial charge on any atom is -0.506 e. The maximum absolute atomic E-state index is 12.9. The Bertz CT molecular complexity index is 365. The Kier molecular flexibility index (Phi) is 2.37. The van der Waals surface area contributed by atoms with Crippen LogP contribution in [0.15, 0.2) is 12.1 Å². The van der Waals surface area contributed by atoms with Crippen LogP contribution in [0.25, 0.3) is 0 Å². The first-order valence-corrected chi connectivity index (χ1v) is 4.91. The molecule has 1 fully saturated rings. The van der Waals surface area contributed by atoms with Crippen LogP contribution in [0, 0.1) is 11.7 Å². The first kappa shape index (κ1) is 9.74. The molecule has 1 saturated carbocycles. The van der Waals surface area contributed by atoms with Crippen molar-refractivity contribution in [1.29, 1.82) is 0 Å². The second-order valence-electron chi connectivity index (χ2n) is 3.66. The number of benzene rings is 1. The van der Waals surface area contributed by atoms with Gasteiger partial charge in [-0.15, -0.1) is 0 Å². The van der Waals surface area contributed by atoms with E-state index in [1.165, 1.54) is 12.1 Å². The highest BCUT2D eigenvalue weighted by molar-refractivity contribution is 6.32. The molecule has 4 heteroatoms. The summed E-state index contributed by atoms with van der Waals surface area (Å²) in [4.78, 5) is 0. The lowest BCUT2D eigenvalue weighted by Gasteiger charge is -2.13. The lowest BCUT2D eigenvalue weighted by atomic mass is 10.0. The van der Waals surface area contributed by atoms with E-state index >= 15 is 0 Å². The van der Waals surface area contributed by atoms with E-state index in [-0.39, 0.29) is 16.8 Å². The van der Waals surface area contributed by atoms with Crippen molar-refractivity contribution >= 4 is 11.6 Å². The molecule has 0 radical (unpaired) electrons. The number of nitrogens with two attached hydrogens (primary N) is 1. The molecule has 3 N–H and O–H groups in total. The Labute approximate surface area is 86.5 Å². The number of hydrogen-bond donors (Lipinski definition) is 2. The Hall–Kier alpha value is -0.800. The van der Waals surface area contributed by atoms with Gasteiger partial charge in [0.2, 0.25) is 0 Å². The van der Waals surface area contributed by atoms with Crippen LogP contribution in [-0.2, 0) is 0 Å². The molecule has 1 aromatic carbocycles. The average Bonchev–Trinajstić information content (AvgIpc) is 2.97. The van der Waals surface area contributed by atoms with Gasteiger partial charge in [-0.25, -0.2) is 4.39 Å². The molecule has 0 bridgehead atoms. The van der Waals surface area contributed by atoms with Gasteiger partial charge in [0.25, 0.3) is 0 Å². The van der Waals surface area contributed by atoms with E-state index in [1.807, 2.05) is 0 Å². The molecule has 0 amide bonds. The fraction of sp³-hybridized carbons (Fsp3) is 0.400. The molecule has 1 aliphatic rings. The van der Waals surface area contributed by atoms with Gasteiger partial charge in [-0.1, -0.05) is 17.7 Å². The predicted molar refractivity (Wildman–Crippen MR) is 52.7 cm³/mol. The maximum atomic E-state index is 12.9. The summed E-state index contributed by atoms with van der Waals surface area (Å²) >= 11 is 5.57. The molecule has 2 nitrogen and oxygen atoms in total. The quantitative estimate of drug-likeness (QED) is 0.797. The van der Waals surface area contributed by atoms with Crippen LogP contribution in [0.5, 0.6) is 5.75 Å². The third-order valence-corrected chi connectivity index (χ3v) is 2.95. The molecule has 1 aliphatic carbocycles. The third-order valence-electron chi connectivity index (χ3n) is 2.59. The molecule has 14 heavy (non-hydrogen) atoms. The predicted octanol–water partition coefficient (Wildman–Crippen LogP) is 2.59. The number of aromatic hydroxyl groups is 1. The number of phenolic OH excluding ortho intramolecular Hbond substituents is 1. The summed E-state index contributed by atoms with van der Waals surface area (Å²) in [6.45, 7) is 0. The van der Waals surface area contributed by atoms with Crippen molar-refractivity contribution in [2.45, 2.75) is 18.9 Å². The van der Waals surface area contributed by atoms with Crippen LogP contribution in [0.1, 0.15) is 24.4 Å². The van der Waals surface area contributed by atoms with Crippen molar-refractivity contribution in [3.8, 4) is 5.75 Å². The van der Waals surface area contributed by atoms with Crippen molar-refractivity contribution in [3.63, 3.8) is 0 Å². The molecule has 0 aromatic heterocycles. The minimum absolute atomic E-state index is 0.217. The van der Waals surface area contributed by atoms with E-state index in [1.54, 1.807) is 0 Å². The van der Waals surface area contributed by atoms with Gasteiger partial charge in [0.15, 0.2) is 0 Å². The topological polar surface area (TPSA) is 46.2 Å². The fourth-order valence-electron chi connectivity index (χ4n) is 1.53. The van der Waals surface area contributed by atoms with Crippen LogP contribution >= 0.6 is 11.6 Å². The molecule has 0 aliphatic heterocycles. The van der Waals surface area contributed by atoms with Gasteiger partial charge >= 0.3 is 0 Å². The monoisotopic (exact) mass is 215 g/mol. The fourth-order valence-corrected chi connectivity index (χ4v) is 1.71. The molecule has 1 aromatic rings. The van der Waals surface area contributed by atoms with E-state index in [2.05, 4.69) is 0 Å². The van der Waals surface area contributed by atoms with Gasteiger partial charge in [0.05, 0.1) is 0 Å². The van der Waals surface area contributed by atoms with Crippen molar-refractivity contribution in [1.82, 2.24) is 0 Å². The van der Waals surface area contributed by atoms with E-state index in [4.69, 9.17) is 17.3 Å². The standard InChI is InChI=1S/C10H11ClFNO/c11-8-7(12)4-3-6(10(8)14)9(13)5-1-2-5/h3-5,9,14H,1-2,13H2/t9-/m1/s1. The average molecular weight is 216 g/mol. The van der Waals surface area contributed by atoms with Gasteiger partial charge < -0.3 is 10.8 Å². The SMILES string of the molecule is N[C@@H](c1ccc(F)c(Cl)c1O)C1CC1. The summed E-state index contributed by atoms with van der Waals surface area (Å²) in [7, 11) is 0. The van der Waals surface area contributed by atoms with Crippen molar-refractivity contribution < 1.29 is 9.50 Å². The summed E-state index contributed by atoms with van der Waals surface area (Å²) in [5.41, 5.74) is 6.42. The van der Waals surface area contributed by atoms with Crippen molar-refractivity contribution in [3.05, 3.63) is 28.5 Å². The zero-order chi connectivity index (χ0) is 10.3. The van der Waals surface area contributed by atoms with Crippen LogP contribution in [0.2, 0.25) is 5.02 Å². The molecule has 76 valence electrons. The highest BCUT2D eigenvalue weighted by atomic mass is 35.5. The summed E-state index contributed by atoms with van der Waals surface area (Å²) in [5, 5.41) is 9.34. The van der Waals surface area contributed by atoms with Crippen LogP contribution in [0.3, 0.4) is 0 Å². The molecule has 0 saturated heterocycles. The van der Waals surface area contributed by atoms with E-state index in [0.29, 0.717) is 11.5 Å². The highest BCUT2D eigenvalue weighted by Crippen LogP contribution is 2.43. The zero-order valence-electron chi connectivity index (χ0n) is 7.50. The number of phenols is 1. The minimum atomic E-state index is -0.615. The lowest BCUT2D eigenvalue weighted by molar-refractivity contribution is 0.450. The number of hydrogen-bond acceptors (Lipinski definition) is 2. The Balaban J connectivity index is 2.38. The van der Waals surface area contributed by atoms with E-state index < -0.39 is 5.82 Å². The maximum Gasteiger partial charge on any atom is 0.145 e. The second kappa shape index (κ2) is 3.41. The van der Waals surface area contributed by atoms with Crippen molar-refractivity contribution in [2.24, 2.45) is 11.7 Å². The molecule has 0 heterocycles. The lowest BCUT2D eigenvalue weighted by Crippen LogP contribution is -2.12. The van der Waals surface area contributed by atoms with Gasteiger partial charge in [0, 0.05) is 11.6 Å². The van der Waals surface area contributed by atoms with Gasteiger partial charge in [-0.2, -0.15) is 0 Å². The number of rotatable bonds is 2. The smallest absolute Gasteiger partial charge is 0.145 e. The summed E-state index contributed by atoms with van der Waals surface area (Å²) in [6, 6.07) is 2.51. The first-order chi connectivity index (χ1) is 6.61. The Morgan fingerprint density at radius 3 is 2.71 bits per heavy atom. The van der Waals surface area contributed by atoms with Crippen LogP contribution < -0.4 is 5.73 Å². The summed E-state index contributed by atoms with van der Waals surface area (Å²) in [6.07, 6.45) is 2.13.